The molecule has 0 aliphatic carbocycles. The number of nitrogens with one attached hydrogen (secondary N) is 1. The molecule has 1 N–H and O–H groups in total. The first kappa shape index (κ1) is 14.8. The van der Waals surface area contributed by atoms with Crippen LogP contribution in [-0.2, 0) is 6.42 Å². The molecule has 1 aromatic carbocycles. The van der Waals surface area contributed by atoms with Crippen LogP contribution in [0.5, 0.6) is 0 Å². The van der Waals surface area contributed by atoms with Gasteiger partial charge in [0.15, 0.2) is 0 Å². The molecular weight excluding hydrogens is 248 g/mol. The summed E-state index contributed by atoms with van der Waals surface area (Å²) in [4.78, 5) is 13.4. The first-order valence-corrected chi connectivity index (χ1v) is 6.74. The Hall–Kier alpha value is -1.22. The Kier molecular flexibility index (Phi) is 6.58. The number of urea groups is 1. The number of unbranched alkanes of at least 4 members (excludes halogenated alkanes) is 1. The first-order valence-electron chi connectivity index (χ1n) is 6.37. The molecule has 0 fully saturated rings. The van der Waals surface area contributed by atoms with E-state index in [-0.39, 0.29) is 6.03 Å². The summed E-state index contributed by atoms with van der Waals surface area (Å²) < 4.78 is 0. The van der Waals surface area contributed by atoms with Crippen LogP contribution in [0.1, 0.15) is 25.3 Å². The average molecular weight is 269 g/mol. The fourth-order valence-electron chi connectivity index (χ4n) is 1.60. The minimum absolute atomic E-state index is 0.00239. The van der Waals surface area contributed by atoms with Crippen molar-refractivity contribution in [1.29, 1.82) is 0 Å². The van der Waals surface area contributed by atoms with E-state index in [2.05, 4.69) is 12.2 Å². The molecule has 1 rings (SSSR count). The monoisotopic (exact) mass is 268 g/mol. The van der Waals surface area contributed by atoms with Crippen LogP contribution in [0.4, 0.5) is 4.79 Å². The Morgan fingerprint density at radius 3 is 2.61 bits per heavy atom. The number of rotatable bonds is 6. The normalized spacial score (nSPS) is 10.2. The summed E-state index contributed by atoms with van der Waals surface area (Å²) in [6.45, 7) is 3.58. The van der Waals surface area contributed by atoms with Crippen molar-refractivity contribution < 1.29 is 4.79 Å². The second-order valence-electron chi connectivity index (χ2n) is 4.38. The van der Waals surface area contributed by atoms with Gasteiger partial charge in [0.25, 0.3) is 0 Å². The summed E-state index contributed by atoms with van der Waals surface area (Å²) in [5.41, 5.74) is 1.18. The Balaban J connectivity index is 2.24. The van der Waals surface area contributed by atoms with Crippen LogP contribution in [0.3, 0.4) is 0 Å². The minimum atomic E-state index is -0.00239. The summed E-state index contributed by atoms with van der Waals surface area (Å²) in [7, 11) is 1.83. The molecule has 0 aliphatic heterocycles. The molecule has 0 spiro atoms. The highest BCUT2D eigenvalue weighted by molar-refractivity contribution is 6.30. The van der Waals surface area contributed by atoms with Crippen molar-refractivity contribution in [1.82, 2.24) is 10.2 Å². The highest BCUT2D eigenvalue weighted by Gasteiger charge is 2.06. The van der Waals surface area contributed by atoms with E-state index in [0.717, 1.165) is 30.8 Å². The predicted octanol–water partition coefficient (Wildman–Crippen LogP) is 3.32. The number of hydrogen-bond donors (Lipinski definition) is 1. The van der Waals surface area contributed by atoms with Gasteiger partial charge in [-0.1, -0.05) is 37.1 Å². The lowest BCUT2D eigenvalue weighted by atomic mass is 10.1. The molecule has 0 atom stereocenters. The van der Waals surface area contributed by atoms with E-state index in [1.165, 1.54) is 5.56 Å². The van der Waals surface area contributed by atoms with E-state index < -0.39 is 0 Å². The topological polar surface area (TPSA) is 32.3 Å². The van der Waals surface area contributed by atoms with E-state index in [9.17, 15) is 4.79 Å². The molecule has 2 amide bonds. The molecule has 100 valence electrons. The summed E-state index contributed by atoms with van der Waals surface area (Å²) in [5.74, 6) is 0. The smallest absolute Gasteiger partial charge is 0.317 e. The Labute approximate surface area is 114 Å². The average Bonchev–Trinajstić information content (AvgIpc) is 2.38. The quantitative estimate of drug-likeness (QED) is 0.843. The second kappa shape index (κ2) is 7.98. The van der Waals surface area contributed by atoms with Gasteiger partial charge in [-0.05, 0) is 30.5 Å². The molecule has 1 aromatic rings. The van der Waals surface area contributed by atoms with Gasteiger partial charge in [0.05, 0.1) is 0 Å². The molecule has 3 nitrogen and oxygen atoms in total. The van der Waals surface area contributed by atoms with E-state index in [4.69, 9.17) is 11.6 Å². The van der Waals surface area contributed by atoms with Crippen LogP contribution in [0.25, 0.3) is 0 Å². The van der Waals surface area contributed by atoms with Gasteiger partial charge in [-0.3, -0.25) is 0 Å². The summed E-state index contributed by atoms with van der Waals surface area (Å²) in [5, 5.41) is 3.65. The third kappa shape index (κ3) is 5.41. The minimum Gasteiger partial charge on any atom is -0.338 e. The number of halogens is 1. The number of carbonyl (C=O) groups is 1. The van der Waals surface area contributed by atoms with Crippen LogP contribution in [-0.4, -0.2) is 31.1 Å². The zero-order valence-electron chi connectivity index (χ0n) is 11.1. The largest absolute Gasteiger partial charge is 0.338 e. The van der Waals surface area contributed by atoms with E-state index in [1.54, 1.807) is 4.90 Å². The van der Waals surface area contributed by atoms with Gasteiger partial charge in [0.1, 0.15) is 0 Å². The lowest BCUT2D eigenvalue weighted by Crippen LogP contribution is -2.38. The molecule has 0 aromatic heterocycles. The molecular formula is C14H21ClN2O. The Morgan fingerprint density at radius 1 is 1.33 bits per heavy atom. The van der Waals surface area contributed by atoms with E-state index in [1.807, 2.05) is 31.3 Å². The van der Waals surface area contributed by atoms with Gasteiger partial charge in [0, 0.05) is 25.2 Å². The molecule has 0 aliphatic rings. The fourth-order valence-corrected chi connectivity index (χ4v) is 1.72. The van der Waals surface area contributed by atoms with Gasteiger partial charge in [-0.2, -0.15) is 0 Å². The highest BCUT2D eigenvalue weighted by Crippen LogP contribution is 2.09. The van der Waals surface area contributed by atoms with Crippen molar-refractivity contribution >= 4 is 17.6 Å². The van der Waals surface area contributed by atoms with Gasteiger partial charge in [-0.25, -0.2) is 4.79 Å². The molecule has 4 heteroatoms. The summed E-state index contributed by atoms with van der Waals surface area (Å²) in [6.07, 6.45) is 2.97. The van der Waals surface area contributed by atoms with Crippen LogP contribution < -0.4 is 5.32 Å². The molecule has 0 radical (unpaired) electrons. The van der Waals surface area contributed by atoms with Crippen LogP contribution in [0, 0.1) is 0 Å². The fraction of sp³-hybridized carbons (Fsp3) is 0.500. The van der Waals surface area contributed by atoms with Gasteiger partial charge in [0.2, 0.25) is 0 Å². The molecule has 0 heterocycles. The zero-order valence-corrected chi connectivity index (χ0v) is 11.8. The van der Waals surface area contributed by atoms with Crippen molar-refractivity contribution in [3.63, 3.8) is 0 Å². The van der Waals surface area contributed by atoms with Gasteiger partial charge < -0.3 is 10.2 Å². The predicted molar refractivity (Wildman–Crippen MR) is 76.1 cm³/mol. The number of hydrogen-bond acceptors (Lipinski definition) is 1. The van der Waals surface area contributed by atoms with Crippen molar-refractivity contribution in [2.24, 2.45) is 0 Å². The Bertz CT molecular complexity index is 365. The van der Waals surface area contributed by atoms with Gasteiger partial charge >= 0.3 is 6.03 Å². The summed E-state index contributed by atoms with van der Waals surface area (Å²) >= 11 is 5.81. The highest BCUT2D eigenvalue weighted by atomic mass is 35.5. The molecule has 0 bridgehead atoms. The zero-order chi connectivity index (χ0) is 13.4. The van der Waals surface area contributed by atoms with Crippen LogP contribution in [0.15, 0.2) is 24.3 Å². The van der Waals surface area contributed by atoms with Crippen molar-refractivity contribution in [3.05, 3.63) is 34.9 Å². The first-order chi connectivity index (χ1) is 8.63. The molecule has 18 heavy (non-hydrogen) atoms. The SMILES string of the molecule is CCCCN(C)C(=O)NCCc1ccc(Cl)cc1. The van der Waals surface area contributed by atoms with Crippen LogP contribution in [0.2, 0.25) is 5.02 Å². The molecule has 0 unspecified atom stereocenters. The second-order valence-corrected chi connectivity index (χ2v) is 4.82. The van der Waals surface area contributed by atoms with Crippen molar-refractivity contribution in [2.45, 2.75) is 26.2 Å². The lowest BCUT2D eigenvalue weighted by molar-refractivity contribution is 0.208. The molecule has 0 saturated heterocycles. The van der Waals surface area contributed by atoms with Crippen molar-refractivity contribution in [2.75, 3.05) is 20.1 Å². The van der Waals surface area contributed by atoms with E-state index in [0.29, 0.717) is 6.54 Å². The maximum Gasteiger partial charge on any atom is 0.317 e. The maximum absolute atomic E-state index is 11.7. The maximum atomic E-state index is 11.7. The third-order valence-corrected chi connectivity index (χ3v) is 3.05. The van der Waals surface area contributed by atoms with E-state index >= 15 is 0 Å². The number of carbonyl (C=O) groups excluding carboxylic acids is 1. The van der Waals surface area contributed by atoms with Crippen LogP contribution >= 0.6 is 11.6 Å². The summed E-state index contributed by atoms with van der Waals surface area (Å²) in [6, 6.07) is 7.69. The molecule has 0 saturated carbocycles. The van der Waals surface area contributed by atoms with Gasteiger partial charge in [-0.15, -0.1) is 0 Å². The number of nitrogens with zero attached hydrogens (tertiary/aromatic N) is 1. The van der Waals surface area contributed by atoms with Crippen molar-refractivity contribution in [3.8, 4) is 0 Å². The number of benzene rings is 1. The Morgan fingerprint density at radius 2 is 2.00 bits per heavy atom. The lowest BCUT2D eigenvalue weighted by Gasteiger charge is -2.17. The third-order valence-electron chi connectivity index (χ3n) is 2.80. The number of amides is 2. The standard InChI is InChI=1S/C14H21ClN2O/c1-3-4-11-17(2)14(18)16-10-9-12-5-7-13(15)8-6-12/h5-8H,3-4,9-11H2,1-2H3,(H,16,18).